The van der Waals surface area contributed by atoms with Crippen LogP contribution in [0.25, 0.3) is 11.2 Å². The van der Waals surface area contributed by atoms with Gasteiger partial charge in [-0.15, -0.1) is 0 Å². The van der Waals surface area contributed by atoms with Gasteiger partial charge >= 0.3 is 0 Å². The molecular formula is C20H22FN5O5. The predicted octanol–water partition coefficient (Wildman–Crippen LogP) is 0.864. The van der Waals surface area contributed by atoms with Crippen LogP contribution in [0.15, 0.2) is 36.9 Å². The Morgan fingerprint density at radius 1 is 1.16 bits per heavy atom. The van der Waals surface area contributed by atoms with E-state index in [1.807, 2.05) is 0 Å². The maximum absolute atomic E-state index is 13.0. The van der Waals surface area contributed by atoms with Crippen LogP contribution >= 0.6 is 0 Å². The maximum Gasteiger partial charge on any atom is 0.167 e. The molecule has 3 N–H and O–H groups in total. The first-order valence-corrected chi connectivity index (χ1v) is 10.0. The van der Waals surface area contributed by atoms with Crippen molar-refractivity contribution in [3.05, 3.63) is 42.7 Å². The molecule has 3 aromatic rings. The summed E-state index contributed by atoms with van der Waals surface area (Å²) in [6.45, 7) is 1.27. The normalized spacial score (nSPS) is 28.3. The minimum Gasteiger partial charge on any atom is -0.491 e. The highest BCUT2D eigenvalue weighted by Crippen LogP contribution is 2.33. The van der Waals surface area contributed by atoms with E-state index in [2.05, 4.69) is 20.3 Å². The van der Waals surface area contributed by atoms with Crippen molar-refractivity contribution in [3.8, 4) is 5.75 Å². The van der Waals surface area contributed by atoms with Gasteiger partial charge in [0.05, 0.1) is 19.0 Å². The van der Waals surface area contributed by atoms with E-state index < -0.39 is 24.5 Å². The number of rotatable bonds is 6. The SMILES string of the molecule is O[C@@H]1[C@H](O)[C@H](n2cnc3c(NC4CCOC4)ncnc32)O[C@@H]1COc1ccc(F)cc1. The van der Waals surface area contributed by atoms with Crippen molar-refractivity contribution in [1.29, 1.82) is 0 Å². The van der Waals surface area contributed by atoms with Crippen LogP contribution < -0.4 is 10.1 Å². The van der Waals surface area contributed by atoms with Gasteiger partial charge in [0, 0.05) is 6.61 Å². The number of fused-ring (bicyclic) bond motifs is 1. The monoisotopic (exact) mass is 431 g/mol. The first kappa shape index (κ1) is 20.1. The third kappa shape index (κ3) is 3.92. The zero-order valence-electron chi connectivity index (χ0n) is 16.5. The second-order valence-corrected chi connectivity index (χ2v) is 7.56. The van der Waals surface area contributed by atoms with Gasteiger partial charge in [-0.2, -0.15) is 0 Å². The minimum atomic E-state index is -1.21. The fourth-order valence-corrected chi connectivity index (χ4v) is 3.79. The van der Waals surface area contributed by atoms with Crippen LogP contribution in [0.3, 0.4) is 0 Å². The molecule has 11 heteroatoms. The Bertz CT molecular complexity index is 1040. The third-order valence-electron chi connectivity index (χ3n) is 5.47. The number of ether oxygens (including phenoxy) is 3. The number of hydrogen-bond acceptors (Lipinski definition) is 9. The van der Waals surface area contributed by atoms with Crippen LogP contribution in [0.2, 0.25) is 0 Å². The van der Waals surface area contributed by atoms with Crippen molar-refractivity contribution >= 4 is 17.0 Å². The molecule has 1 aromatic carbocycles. The molecule has 0 amide bonds. The fraction of sp³-hybridized carbons (Fsp3) is 0.450. The van der Waals surface area contributed by atoms with Gasteiger partial charge in [0.15, 0.2) is 23.2 Å². The Kier molecular flexibility index (Phi) is 5.40. The lowest BCUT2D eigenvalue weighted by atomic mass is 10.1. The molecule has 31 heavy (non-hydrogen) atoms. The summed E-state index contributed by atoms with van der Waals surface area (Å²) in [4.78, 5) is 12.9. The number of halogens is 1. The molecule has 2 aliphatic heterocycles. The summed E-state index contributed by atoms with van der Waals surface area (Å²) in [5.41, 5.74) is 0.999. The van der Waals surface area contributed by atoms with E-state index in [1.54, 1.807) is 4.57 Å². The smallest absolute Gasteiger partial charge is 0.167 e. The van der Waals surface area contributed by atoms with Gasteiger partial charge in [-0.25, -0.2) is 19.3 Å². The third-order valence-corrected chi connectivity index (χ3v) is 5.47. The number of nitrogens with one attached hydrogen (secondary N) is 1. The van der Waals surface area contributed by atoms with E-state index in [4.69, 9.17) is 14.2 Å². The fourth-order valence-electron chi connectivity index (χ4n) is 3.79. The molecule has 2 fully saturated rings. The molecule has 2 saturated heterocycles. The Labute approximate surface area is 176 Å². The molecular weight excluding hydrogens is 409 g/mol. The number of aliphatic hydroxyl groups excluding tert-OH is 2. The molecule has 10 nitrogen and oxygen atoms in total. The molecule has 164 valence electrons. The van der Waals surface area contributed by atoms with E-state index in [9.17, 15) is 14.6 Å². The standard InChI is InChI=1S/C20H22FN5O5/c21-11-1-3-13(4-2-11)30-8-14-16(27)17(28)20(31-14)26-10-24-15-18(22-9-23-19(15)26)25-12-5-6-29-7-12/h1-4,9-10,12,14,16-17,20,27-28H,5-8H2,(H,22,23,25)/t12?,14-,16+,17+,20-/m1/s1. The second kappa shape index (κ2) is 8.35. The van der Waals surface area contributed by atoms with Gasteiger partial charge < -0.3 is 29.7 Å². The lowest BCUT2D eigenvalue weighted by Gasteiger charge is -2.17. The quantitative estimate of drug-likeness (QED) is 0.521. The molecule has 2 aromatic heterocycles. The molecule has 1 unspecified atom stereocenters. The van der Waals surface area contributed by atoms with Gasteiger partial charge in [-0.3, -0.25) is 4.57 Å². The van der Waals surface area contributed by atoms with Crippen LogP contribution in [-0.4, -0.2) is 73.9 Å². The van der Waals surface area contributed by atoms with E-state index in [-0.39, 0.29) is 18.5 Å². The van der Waals surface area contributed by atoms with E-state index >= 15 is 0 Å². The minimum absolute atomic E-state index is 0.0174. The van der Waals surface area contributed by atoms with Crippen molar-refractivity contribution < 1.29 is 28.8 Å². The van der Waals surface area contributed by atoms with Crippen LogP contribution in [0, 0.1) is 5.82 Å². The number of aliphatic hydroxyl groups is 2. The summed E-state index contributed by atoms with van der Waals surface area (Å²) in [6, 6.07) is 5.66. The lowest BCUT2D eigenvalue weighted by molar-refractivity contribution is -0.0474. The molecule has 5 atom stereocenters. The molecule has 5 rings (SSSR count). The van der Waals surface area contributed by atoms with Gasteiger partial charge in [0.1, 0.15) is 42.8 Å². The number of anilines is 1. The second-order valence-electron chi connectivity index (χ2n) is 7.56. The average molecular weight is 431 g/mol. The Morgan fingerprint density at radius 3 is 2.77 bits per heavy atom. The maximum atomic E-state index is 13.0. The van der Waals surface area contributed by atoms with Crippen LogP contribution in [0.4, 0.5) is 10.2 Å². The Hall–Kier alpha value is -2.86. The Morgan fingerprint density at radius 2 is 2.00 bits per heavy atom. The summed E-state index contributed by atoms with van der Waals surface area (Å²) in [6.07, 6.45) is -0.312. The summed E-state index contributed by atoms with van der Waals surface area (Å²) < 4.78 is 31.4. The van der Waals surface area contributed by atoms with Crippen molar-refractivity contribution in [2.75, 3.05) is 25.1 Å². The number of aromatic nitrogens is 4. The highest BCUT2D eigenvalue weighted by Gasteiger charge is 2.44. The van der Waals surface area contributed by atoms with E-state index in [0.29, 0.717) is 35.9 Å². The highest BCUT2D eigenvalue weighted by atomic mass is 19.1. The molecule has 0 radical (unpaired) electrons. The van der Waals surface area contributed by atoms with Gasteiger partial charge in [-0.1, -0.05) is 0 Å². The van der Waals surface area contributed by atoms with Crippen molar-refractivity contribution in [1.82, 2.24) is 19.5 Å². The molecule has 0 aliphatic carbocycles. The predicted molar refractivity (Wildman–Crippen MR) is 106 cm³/mol. The molecule has 4 heterocycles. The molecule has 0 bridgehead atoms. The number of benzene rings is 1. The average Bonchev–Trinajstić information content (AvgIpc) is 3.50. The van der Waals surface area contributed by atoms with Crippen molar-refractivity contribution in [2.45, 2.75) is 37.0 Å². The topological polar surface area (TPSA) is 124 Å². The van der Waals surface area contributed by atoms with E-state index in [0.717, 1.165) is 6.42 Å². The highest BCUT2D eigenvalue weighted by molar-refractivity contribution is 5.82. The van der Waals surface area contributed by atoms with E-state index in [1.165, 1.54) is 36.9 Å². The number of imidazole rings is 1. The summed E-state index contributed by atoms with van der Waals surface area (Å²) in [5, 5.41) is 24.4. The van der Waals surface area contributed by atoms with Crippen LogP contribution in [0.1, 0.15) is 12.6 Å². The largest absolute Gasteiger partial charge is 0.491 e. The number of nitrogens with zero attached hydrogens (tertiary/aromatic N) is 4. The number of hydrogen-bond donors (Lipinski definition) is 3. The van der Waals surface area contributed by atoms with Gasteiger partial charge in [-0.05, 0) is 30.7 Å². The first-order valence-electron chi connectivity index (χ1n) is 10.0. The van der Waals surface area contributed by atoms with Crippen LogP contribution in [0.5, 0.6) is 5.75 Å². The van der Waals surface area contributed by atoms with Crippen LogP contribution in [-0.2, 0) is 9.47 Å². The zero-order valence-corrected chi connectivity index (χ0v) is 16.5. The summed E-state index contributed by atoms with van der Waals surface area (Å²) >= 11 is 0. The lowest BCUT2D eigenvalue weighted by Crippen LogP contribution is -2.34. The molecule has 2 aliphatic rings. The first-order chi connectivity index (χ1) is 15.1. The Balaban J connectivity index is 1.33. The summed E-state index contributed by atoms with van der Waals surface area (Å²) in [5.74, 6) is 0.634. The van der Waals surface area contributed by atoms with Gasteiger partial charge in [0.2, 0.25) is 0 Å². The summed E-state index contributed by atoms with van der Waals surface area (Å²) in [7, 11) is 0. The molecule has 0 saturated carbocycles. The molecule has 0 spiro atoms. The zero-order chi connectivity index (χ0) is 21.4. The van der Waals surface area contributed by atoms with Crippen molar-refractivity contribution in [2.24, 2.45) is 0 Å². The van der Waals surface area contributed by atoms with Crippen molar-refractivity contribution in [3.63, 3.8) is 0 Å². The van der Waals surface area contributed by atoms with Gasteiger partial charge in [0.25, 0.3) is 0 Å².